The fourth-order valence-corrected chi connectivity index (χ4v) is 3.69. The van der Waals surface area contributed by atoms with Crippen LogP contribution >= 0.6 is 0 Å². The lowest BCUT2D eigenvalue weighted by Crippen LogP contribution is -2.26. The molecule has 0 spiro atoms. The first-order valence-electron chi connectivity index (χ1n) is 9.81. The number of hydrogen-bond donors (Lipinski definition) is 2. The molecule has 1 saturated heterocycles. The molecule has 8 nitrogen and oxygen atoms in total. The molecule has 0 radical (unpaired) electrons. The van der Waals surface area contributed by atoms with Crippen molar-refractivity contribution in [3.63, 3.8) is 0 Å². The second kappa shape index (κ2) is 8.42. The van der Waals surface area contributed by atoms with Crippen molar-refractivity contribution >= 4 is 23.2 Å². The molecule has 3 aromatic rings. The van der Waals surface area contributed by atoms with Crippen molar-refractivity contribution in [3.8, 4) is 0 Å². The molecular formula is C20H21F3N6O2. The number of halogens is 3. The van der Waals surface area contributed by atoms with E-state index in [1.807, 2.05) is 6.92 Å². The molecule has 4 rings (SSSR count). The second-order valence-electron chi connectivity index (χ2n) is 7.26. The molecule has 3 N–H and O–H groups in total. The second-order valence-corrected chi connectivity index (χ2v) is 7.26. The van der Waals surface area contributed by atoms with Crippen LogP contribution in [0, 0.1) is 11.6 Å². The summed E-state index contributed by atoms with van der Waals surface area (Å²) in [7, 11) is 0. The van der Waals surface area contributed by atoms with Crippen LogP contribution in [0.25, 0.3) is 5.65 Å². The Balaban J connectivity index is 1.72. The van der Waals surface area contributed by atoms with E-state index in [2.05, 4.69) is 15.6 Å². The van der Waals surface area contributed by atoms with Crippen molar-refractivity contribution in [1.82, 2.24) is 20.1 Å². The largest absolute Gasteiger partial charge is 0.381 e. The number of carbonyl (C=O) groups is 1. The topological polar surface area (TPSA) is 97.8 Å². The molecular weight excluding hydrogens is 413 g/mol. The third-order valence-corrected chi connectivity index (χ3v) is 5.06. The predicted octanol–water partition coefficient (Wildman–Crippen LogP) is 2.95. The van der Waals surface area contributed by atoms with E-state index in [0.717, 1.165) is 18.2 Å². The van der Waals surface area contributed by atoms with Gasteiger partial charge in [0.15, 0.2) is 11.5 Å². The minimum atomic E-state index is -1.26. The van der Waals surface area contributed by atoms with Crippen molar-refractivity contribution in [1.29, 1.82) is 0 Å². The zero-order valence-corrected chi connectivity index (χ0v) is 16.7. The fourth-order valence-electron chi connectivity index (χ4n) is 3.69. The standard InChI is InChI=1S/C20H21F3N6O2/c1-2-7-31-27-20(30)17-18(24)26-29-6-5-16(25-19(17)29)28-10-12(22)9-15(28)13-8-11(21)3-4-14(13)23/h3-6,8,12,15H,2,7,9-10H2,1H3,(H2,24,26)(H,27,30)/t12-,15+/m0/s1. The number of nitrogens with zero attached hydrogens (tertiary/aromatic N) is 4. The van der Waals surface area contributed by atoms with Crippen molar-refractivity contribution in [2.45, 2.75) is 32.0 Å². The number of rotatable bonds is 6. The van der Waals surface area contributed by atoms with E-state index in [-0.39, 0.29) is 41.4 Å². The molecule has 3 heterocycles. The molecule has 0 bridgehead atoms. The molecule has 0 aliphatic carbocycles. The third-order valence-electron chi connectivity index (χ3n) is 5.06. The van der Waals surface area contributed by atoms with Crippen LogP contribution in [0.2, 0.25) is 0 Å². The Bertz CT molecular complexity index is 1120. The summed E-state index contributed by atoms with van der Waals surface area (Å²) in [5.41, 5.74) is 8.35. The van der Waals surface area contributed by atoms with Gasteiger partial charge >= 0.3 is 0 Å². The van der Waals surface area contributed by atoms with Crippen molar-refractivity contribution in [2.24, 2.45) is 0 Å². The lowest BCUT2D eigenvalue weighted by molar-refractivity contribution is 0.0317. The molecule has 1 amide bonds. The van der Waals surface area contributed by atoms with Crippen LogP contribution in [0.15, 0.2) is 30.5 Å². The number of nitrogens with two attached hydrogens (primary N) is 1. The predicted molar refractivity (Wildman–Crippen MR) is 107 cm³/mol. The number of amides is 1. The number of aromatic nitrogens is 3. The highest BCUT2D eigenvalue weighted by Gasteiger charge is 2.36. The van der Waals surface area contributed by atoms with Gasteiger partial charge in [0.2, 0.25) is 0 Å². The van der Waals surface area contributed by atoms with Gasteiger partial charge in [-0.05, 0) is 30.7 Å². The van der Waals surface area contributed by atoms with Gasteiger partial charge in [0.25, 0.3) is 5.91 Å². The maximum atomic E-state index is 14.4. The van der Waals surface area contributed by atoms with Gasteiger partial charge in [-0.2, -0.15) is 0 Å². The van der Waals surface area contributed by atoms with Crippen molar-refractivity contribution < 1.29 is 22.8 Å². The number of nitrogens with one attached hydrogen (secondary N) is 1. The molecule has 1 aliphatic rings. The zero-order chi connectivity index (χ0) is 22.1. The Kier molecular flexibility index (Phi) is 5.68. The van der Waals surface area contributed by atoms with Gasteiger partial charge in [0.05, 0.1) is 19.2 Å². The molecule has 1 aromatic carbocycles. The normalized spacial score (nSPS) is 18.6. The van der Waals surface area contributed by atoms with Gasteiger partial charge in [-0.15, -0.1) is 5.10 Å². The number of fused-ring (bicyclic) bond motifs is 1. The Hall–Kier alpha value is -3.34. The smallest absolute Gasteiger partial charge is 0.282 e. The van der Waals surface area contributed by atoms with E-state index < -0.39 is 29.8 Å². The minimum absolute atomic E-state index is 0.00225. The van der Waals surface area contributed by atoms with Crippen LogP contribution < -0.4 is 16.1 Å². The van der Waals surface area contributed by atoms with Crippen LogP contribution in [-0.2, 0) is 4.84 Å². The van der Waals surface area contributed by atoms with E-state index in [0.29, 0.717) is 13.0 Å². The summed E-state index contributed by atoms with van der Waals surface area (Å²) in [5, 5.41) is 4.06. The summed E-state index contributed by atoms with van der Waals surface area (Å²) in [6.07, 6.45) is 0.935. The van der Waals surface area contributed by atoms with Gasteiger partial charge in [0, 0.05) is 18.2 Å². The average Bonchev–Trinajstić information content (AvgIpc) is 3.28. The van der Waals surface area contributed by atoms with Gasteiger partial charge in [-0.25, -0.2) is 28.2 Å². The van der Waals surface area contributed by atoms with Crippen LogP contribution in [0.5, 0.6) is 0 Å². The summed E-state index contributed by atoms with van der Waals surface area (Å²) in [6.45, 7) is 2.14. The summed E-state index contributed by atoms with van der Waals surface area (Å²) in [4.78, 5) is 23.5. The van der Waals surface area contributed by atoms with Gasteiger partial charge < -0.3 is 10.6 Å². The summed E-state index contributed by atoms with van der Waals surface area (Å²) < 4.78 is 43.7. The van der Waals surface area contributed by atoms with E-state index >= 15 is 0 Å². The average molecular weight is 434 g/mol. The summed E-state index contributed by atoms with van der Waals surface area (Å²) >= 11 is 0. The van der Waals surface area contributed by atoms with Gasteiger partial charge in [-0.1, -0.05) is 6.92 Å². The maximum absolute atomic E-state index is 14.4. The van der Waals surface area contributed by atoms with Gasteiger partial charge in [0.1, 0.15) is 29.2 Å². The molecule has 1 aliphatic heterocycles. The maximum Gasteiger partial charge on any atom is 0.282 e. The molecule has 31 heavy (non-hydrogen) atoms. The number of benzene rings is 1. The highest BCUT2D eigenvalue weighted by atomic mass is 19.1. The summed E-state index contributed by atoms with van der Waals surface area (Å²) in [6, 6.07) is 3.88. The van der Waals surface area contributed by atoms with Crippen LogP contribution in [0.1, 0.15) is 41.7 Å². The lowest BCUT2D eigenvalue weighted by Gasteiger charge is -2.26. The molecule has 0 saturated carbocycles. The molecule has 1 fully saturated rings. The molecule has 11 heteroatoms. The summed E-state index contributed by atoms with van der Waals surface area (Å²) in [5.74, 6) is -1.64. The fraction of sp³-hybridized carbons (Fsp3) is 0.350. The Morgan fingerprint density at radius 1 is 1.35 bits per heavy atom. The minimum Gasteiger partial charge on any atom is -0.381 e. The molecule has 2 atom stereocenters. The third kappa shape index (κ3) is 4.00. The molecule has 2 aromatic heterocycles. The Morgan fingerprint density at radius 2 is 2.16 bits per heavy atom. The molecule has 164 valence electrons. The first-order chi connectivity index (χ1) is 14.9. The highest BCUT2D eigenvalue weighted by Crippen LogP contribution is 2.38. The first kappa shape index (κ1) is 20.9. The van der Waals surface area contributed by atoms with Gasteiger partial charge in [-0.3, -0.25) is 9.63 Å². The number of alkyl halides is 1. The number of nitrogen functional groups attached to an aromatic ring is 1. The number of hydrogen-bond acceptors (Lipinski definition) is 6. The van der Waals surface area contributed by atoms with E-state index in [1.165, 1.54) is 10.7 Å². The SMILES string of the molecule is CCCONC(=O)c1c(N)nn2ccc(N3C[C@@H](F)C[C@@H]3c3cc(F)ccc3F)nc12. The van der Waals surface area contributed by atoms with Crippen LogP contribution in [0.4, 0.5) is 24.8 Å². The Morgan fingerprint density at radius 3 is 2.94 bits per heavy atom. The molecule has 0 unspecified atom stereocenters. The van der Waals surface area contributed by atoms with E-state index in [4.69, 9.17) is 10.6 Å². The van der Waals surface area contributed by atoms with E-state index in [1.54, 1.807) is 11.0 Å². The number of anilines is 2. The lowest BCUT2D eigenvalue weighted by atomic mass is 10.0. The first-order valence-corrected chi connectivity index (χ1v) is 9.81. The zero-order valence-electron chi connectivity index (χ0n) is 16.7. The van der Waals surface area contributed by atoms with Crippen LogP contribution in [0.3, 0.4) is 0 Å². The number of hydroxylamine groups is 1. The van der Waals surface area contributed by atoms with Crippen molar-refractivity contribution in [3.05, 3.63) is 53.2 Å². The quantitative estimate of drug-likeness (QED) is 0.457. The number of carbonyl (C=O) groups excluding carboxylic acids is 1. The van der Waals surface area contributed by atoms with Crippen molar-refractivity contribution in [2.75, 3.05) is 23.8 Å². The highest BCUT2D eigenvalue weighted by molar-refractivity contribution is 6.03. The monoisotopic (exact) mass is 434 g/mol. The van der Waals surface area contributed by atoms with E-state index in [9.17, 15) is 18.0 Å². The van der Waals surface area contributed by atoms with Crippen LogP contribution in [-0.4, -0.2) is 39.8 Å². The Labute approximate surface area is 175 Å².